The third kappa shape index (κ3) is 5.07. The first kappa shape index (κ1) is 18.5. The van der Waals surface area contributed by atoms with E-state index in [-0.39, 0.29) is 23.3 Å². The van der Waals surface area contributed by atoms with Crippen LogP contribution in [0.15, 0.2) is 34.1 Å². The number of ether oxygens (including phenoxy) is 1. The zero-order valence-electron chi connectivity index (χ0n) is 14.2. The minimum absolute atomic E-state index is 0.110. The van der Waals surface area contributed by atoms with Crippen LogP contribution in [0.1, 0.15) is 20.3 Å². The largest absolute Gasteiger partial charge is 0.379 e. The van der Waals surface area contributed by atoms with Crippen molar-refractivity contribution in [2.24, 2.45) is 7.05 Å². The Kier molecular flexibility index (Phi) is 6.81. The highest BCUT2D eigenvalue weighted by Gasteiger charge is 2.11. The molecule has 0 aliphatic carbocycles. The van der Waals surface area contributed by atoms with Gasteiger partial charge in [0.15, 0.2) is 5.03 Å². The fourth-order valence-electron chi connectivity index (χ4n) is 2.15. The van der Waals surface area contributed by atoms with Crippen molar-refractivity contribution < 1.29 is 9.53 Å². The van der Waals surface area contributed by atoms with Crippen LogP contribution in [0.25, 0.3) is 11.0 Å². The van der Waals surface area contributed by atoms with E-state index in [1.54, 1.807) is 11.6 Å². The second-order valence-corrected chi connectivity index (χ2v) is 6.65. The van der Waals surface area contributed by atoms with Crippen molar-refractivity contribution in [3.63, 3.8) is 0 Å². The molecule has 1 aromatic carbocycles. The summed E-state index contributed by atoms with van der Waals surface area (Å²) in [7, 11) is 1.71. The number of aryl methyl sites for hydroxylation is 1. The fourth-order valence-corrected chi connectivity index (χ4v) is 2.94. The summed E-state index contributed by atoms with van der Waals surface area (Å²) in [6.07, 6.45) is 0.969. The van der Waals surface area contributed by atoms with Gasteiger partial charge >= 0.3 is 0 Å². The molecule has 0 atom stereocenters. The molecule has 0 radical (unpaired) electrons. The Morgan fingerprint density at radius 3 is 2.88 bits per heavy atom. The first-order valence-electron chi connectivity index (χ1n) is 7.96. The zero-order valence-corrected chi connectivity index (χ0v) is 15.1. The number of benzene rings is 1. The Hall–Kier alpha value is -1.86. The van der Waals surface area contributed by atoms with Crippen LogP contribution in [0.2, 0.25) is 0 Å². The average Bonchev–Trinajstić information content (AvgIpc) is 2.56. The molecule has 0 saturated carbocycles. The predicted octanol–water partition coefficient (Wildman–Crippen LogP) is 1.96. The van der Waals surface area contributed by atoms with E-state index in [1.807, 2.05) is 38.1 Å². The van der Waals surface area contributed by atoms with E-state index in [2.05, 4.69) is 10.3 Å². The number of para-hydroxylation sites is 2. The van der Waals surface area contributed by atoms with Gasteiger partial charge in [-0.05, 0) is 32.4 Å². The standard InChI is InChI=1S/C17H23N3O3S/c1-12(2)23-10-6-9-18-15(21)11-24-16-17(22)20(3)14-8-5-4-7-13(14)19-16/h4-5,7-8,12H,6,9-11H2,1-3H3,(H,18,21). The molecular formula is C17H23N3O3S. The maximum atomic E-state index is 12.3. The molecule has 0 aliphatic heterocycles. The van der Waals surface area contributed by atoms with Crippen LogP contribution in [0, 0.1) is 0 Å². The molecule has 1 amide bonds. The molecule has 0 spiro atoms. The molecule has 0 saturated heterocycles. The smallest absolute Gasteiger partial charge is 0.283 e. The van der Waals surface area contributed by atoms with Gasteiger partial charge in [0, 0.05) is 20.2 Å². The molecule has 6 nitrogen and oxygen atoms in total. The average molecular weight is 349 g/mol. The van der Waals surface area contributed by atoms with Crippen molar-refractivity contribution in [3.8, 4) is 0 Å². The number of thioether (sulfide) groups is 1. The van der Waals surface area contributed by atoms with E-state index in [1.165, 1.54) is 11.8 Å². The maximum absolute atomic E-state index is 12.3. The lowest BCUT2D eigenvalue weighted by Gasteiger charge is -2.09. The second kappa shape index (κ2) is 8.84. The summed E-state index contributed by atoms with van der Waals surface area (Å²) in [6, 6.07) is 7.45. The summed E-state index contributed by atoms with van der Waals surface area (Å²) in [4.78, 5) is 28.5. The summed E-state index contributed by atoms with van der Waals surface area (Å²) < 4.78 is 6.97. The lowest BCUT2D eigenvalue weighted by atomic mass is 10.3. The number of nitrogens with one attached hydrogen (secondary N) is 1. The summed E-state index contributed by atoms with van der Waals surface area (Å²) in [5.74, 6) is 0.0626. The first-order valence-corrected chi connectivity index (χ1v) is 8.94. The van der Waals surface area contributed by atoms with Gasteiger partial charge in [-0.2, -0.15) is 0 Å². The first-order chi connectivity index (χ1) is 11.5. The number of rotatable bonds is 8. The van der Waals surface area contributed by atoms with Crippen molar-refractivity contribution in [2.75, 3.05) is 18.9 Å². The molecule has 2 rings (SSSR count). The summed E-state index contributed by atoms with van der Waals surface area (Å²) in [5, 5.41) is 3.16. The van der Waals surface area contributed by atoms with Crippen LogP contribution in [0.4, 0.5) is 0 Å². The van der Waals surface area contributed by atoms with Crippen LogP contribution in [0.5, 0.6) is 0 Å². The van der Waals surface area contributed by atoms with E-state index in [9.17, 15) is 9.59 Å². The Bertz CT molecular complexity index is 758. The number of fused-ring (bicyclic) bond motifs is 1. The summed E-state index contributed by atoms with van der Waals surface area (Å²) >= 11 is 1.17. The van der Waals surface area contributed by atoms with Gasteiger partial charge in [0.2, 0.25) is 5.91 Å². The Balaban J connectivity index is 1.88. The van der Waals surface area contributed by atoms with Gasteiger partial charge in [-0.25, -0.2) is 4.98 Å². The highest BCUT2D eigenvalue weighted by atomic mass is 32.2. The summed E-state index contributed by atoms with van der Waals surface area (Å²) in [5.41, 5.74) is 1.34. The number of hydrogen-bond donors (Lipinski definition) is 1. The number of carbonyl (C=O) groups is 1. The molecule has 0 aliphatic rings. The molecule has 1 N–H and O–H groups in total. The molecule has 1 heterocycles. The van der Waals surface area contributed by atoms with Crippen LogP contribution >= 0.6 is 11.8 Å². The fraction of sp³-hybridized carbons (Fsp3) is 0.471. The Morgan fingerprint density at radius 1 is 1.38 bits per heavy atom. The van der Waals surface area contributed by atoms with E-state index in [0.29, 0.717) is 18.2 Å². The maximum Gasteiger partial charge on any atom is 0.283 e. The number of hydrogen-bond acceptors (Lipinski definition) is 5. The lowest BCUT2D eigenvalue weighted by molar-refractivity contribution is -0.118. The van der Waals surface area contributed by atoms with Gasteiger partial charge in [-0.1, -0.05) is 23.9 Å². The molecule has 130 valence electrons. The number of nitrogens with zero attached hydrogens (tertiary/aromatic N) is 2. The minimum atomic E-state index is -0.183. The minimum Gasteiger partial charge on any atom is -0.379 e. The quantitative estimate of drug-likeness (QED) is 0.582. The molecule has 0 unspecified atom stereocenters. The molecule has 0 fully saturated rings. The topological polar surface area (TPSA) is 73.2 Å². The molecule has 7 heteroatoms. The third-order valence-electron chi connectivity index (χ3n) is 3.39. The van der Waals surface area contributed by atoms with E-state index in [4.69, 9.17) is 4.74 Å². The summed E-state index contributed by atoms with van der Waals surface area (Å²) in [6.45, 7) is 5.14. The van der Waals surface area contributed by atoms with Crippen molar-refractivity contribution in [1.29, 1.82) is 0 Å². The van der Waals surface area contributed by atoms with Crippen molar-refractivity contribution >= 4 is 28.7 Å². The van der Waals surface area contributed by atoms with Crippen LogP contribution < -0.4 is 10.9 Å². The van der Waals surface area contributed by atoms with Crippen LogP contribution in [0.3, 0.4) is 0 Å². The van der Waals surface area contributed by atoms with Crippen molar-refractivity contribution in [3.05, 3.63) is 34.6 Å². The molecular weight excluding hydrogens is 326 g/mol. The molecule has 2 aromatic rings. The van der Waals surface area contributed by atoms with Gasteiger partial charge in [-0.15, -0.1) is 0 Å². The Morgan fingerprint density at radius 2 is 2.12 bits per heavy atom. The predicted molar refractivity (Wildman–Crippen MR) is 96.4 cm³/mol. The number of carbonyl (C=O) groups excluding carboxylic acids is 1. The monoisotopic (exact) mass is 349 g/mol. The Labute approximate surface area is 145 Å². The second-order valence-electron chi connectivity index (χ2n) is 5.68. The lowest BCUT2D eigenvalue weighted by Crippen LogP contribution is -2.28. The van der Waals surface area contributed by atoms with Crippen molar-refractivity contribution in [2.45, 2.75) is 31.4 Å². The van der Waals surface area contributed by atoms with Crippen LogP contribution in [-0.2, 0) is 16.6 Å². The number of amides is 1. The van der Waals surface area contributed by atoms with Crippen molar-refractivity contribution in [1.82, 2.24) is 14.9 Å². The van der Waals surface area contributed by atoms with E-state index in [0.717, 1.165) is 17.5 Å². The van der Waals surface area contributed by atoms with Gasteiger partial charge in [-0.3, -0.25) is 9.59 Å². The van der Waals surface area contributed by atoms with E-state index >= 15 is 0 Å². The van der Waals surface area contributed by atoms with Gasteiger partial charge in [0.25, 0.3) is 5.56 Å². The normalized spacial score (nSPS) is 11.2. The SMILES string of the molecule is CC(C)OCCCNC(=O)CSc1nc2ccccc2n(C)c1=O. The highest BCUT2D eigenvalue weighted by molar-refractivity contribution is 7.99. The van der Waals surface area contributed by atoms with E-state index < -0.39 is 0 Å². The van der Waals surface area contributed by atoms with Gasteiger partial charge < -0.3 is 14.6 Å². The third-order valence-corrected chi connectivity index (χ3v) is 4.33. The molecule has 24 heavy (non-hydrogen) atoms. The molecule has 0 bridgehead atoms. The van der Waals surface area contributed by atoms with Gasteiger partial charge in [0.1, 0.15) is 0 Å². The highest BCUT2D eigenvalue weighted by Crippen LogP contribution is 2.15. The zero-order chi connectivity index (χ0) is 17.5. The van der Waals surface area contributed by atoms with Gasteiger partial charge in [0.05, 0.1) is 22.9 Å². The van der Waals surface area contributed by atoms with Crippen LogP contribution in [-0.4, -0.2) is 40.5 Å². The molecule has 1 aromatic heterocycles. The number of aromatic nitrogens is 2.